The molecular weight excluding hydrogens is 249 g/mol. The van der Waals surface area contributed by atoms with Crippen LogP contribution in [-0.2, 0) is 4.74 Å². The zero-order valence-electron chi connectivity index (χ0n) is 9.13. The van der Waals surface area contributed by atoms with E-state index in [9.17, 15) is 18.0 Å². The number of nitrogens with one attached hydrogen (secondary N) is 1. The predicted molar refractivity (Wildman–Crippen MR) is 55.2 cm³/mol. The molecular formula is C11H7F3N2O2. The Morgan fingerprint density at radius 2 is 1.94 bits per heavy atom. The lowest BCUT2D eigenvalue weighted by Gasteiger charge is -2.01. The van der Waals surface area contributed by atoms with Crippen LogP contribution in [0.1, 0.15) is 10.5 Å². The fourth-order valence-electron chi connectivity index (χ4n) is 1.43. The first-order valence-electron chi connectivity index (χ1n) is 4.82. The summed E-state index contributed by atoms with van der Waals surface area (Å²) in [4.78, 5) is 11.1. The number of aromatic nitrogens is 2. The Morgan fingerprint density at radius 3 is 2.61 bits per heavy atom. The predicted octanol–water partition coefficient (Wildman–Crippen LogP) is 2.28. The molecule has 1 aromatic heterocycles. The summed E-state index contributed by atoms with van der Waals surface area (Å²) < 4.78 is 44.3. The van der Waals surface area contributed by atoms with E-state index in [0.29, 0.717) is 6.07 Å². The van der Waals surface area contributed by atoms with Gasteiger partial charge in [-0.1, -0.05) is 0 Å². The molecule has 0 atom stereocenters. The molecule has 18 heavy (non-hydrogen) atoms. The highest BCUT2D eigenvalue weighted by Crippen LogP contribution is 2.26. The van der Waals surface area contributed by atoms with Gasteiger partial charge < -0.3 is 4.74 Å². The molecule has 1 aromatic carbocycles. The van der Waals surface area contributed by atoms with Gasteiger partial charge in [-0.2, -0.15) is 5.10 Å². The van der Waals surface area contributed by atoms with Gasteiger partial charge in [0, 0.05) is 0 Å². The summed E-state index contributed by atoms with van der Waals surface area (Å²) in [6.45, 7) is 0. The second-order valence-electron chi connectivity index (χ2n) is 3.38. The van der Waals surface area contributed by atoms with E-state index in [4.69, 9.17) is 0 Å². The Bertz CT molecular complexity index is 610. The van der Waals surface area contributed by atoms with Gasteiger partial charge in [0.25, 0.3) is 0 Å². The van der Waals surface area contributed by atoms with Crippen LogP contribution in [0.25, 0.3) is 11.3 Å². The Kier molecular flexibility index (Phi) is 3.05. The van der Waals surface area contributed by atoms with E-state index in [0.717, 1.165) is 19.2 Å². The second-order valence-corrected chi connectivity index (χ2v) is 3.38. The number of carbonyl (C=O) groups is 1. The standard InChI is InChI=1S/C11H7F3N2O2/c1-18-11(17)8-4-7(15-16-8)9-5(12)2-3-6(13)10(9)14/h2-4H,1H3,(H,15,16). The van der Waals surface area contributed by atoms with Crippen molar-refractivity contribution in [3.63, 3.8) is 0 Å². The van der Waals surface area contributed by atoms with Crippen molar-refractivity contribution in [1.82, 2.24) is 10.2 Å². The van der Waals surface area contributed by atoms with Crippen molar-refractivity contribution in [2.75, 3.05) is 7.11 Å². The molecule has 0 bridgehead atoms. The normalized spacial score (nSPS) is 10.4. The van der Waals surface area contributed by atoms with Crippen LogP contribution < -0.4 is 0 Å². The van der Waals surface area contributed by atoms with Gasteiger partial charge in [-0.3, -0.25) is 5.10 Å². The number of benzene rings is 1. The highest BCUT2D eigenvalue weighted by atomic mass is 19.2. The molecule has 2 aromatic rings. The van der Waals surface area contributed by atoms with Crippen LogP contribution in [0.5, 0.6) is 0 Å². The molecule has 0 amide bonds. The molecule has 0 saturated carbocycles. The zero-order valence-corrected chi connectivity index (χ0v) is 9.13. The molecule has 0 aliphatic carbocycles. The number of aromatic amines is 1. The van der Waals surface area contributed by atoms with E-state index in [1.54, 1.807) is 0 Å². The SMILES string of the molecule is COC(=O)c1cc(-c2c(F)ccc(F)c2F)n[nH]1. The monoisotopic (exact) mass is 256 g/mol. The Hall–Kier alpha value is -2.31. The smallest absolute Gasteiger partial charge is 0.356 e. The van der Waals surface area contributed by atoms with Crippen molar-refractivity contribution >= 4 is 5.97 Å². The number of hydrogen-bond acceptors (Lipinski definition) is 3. The van der Waals surface area contributed by atoms with E-state index in [2.05, 4.69) is 14.9 Å². The number of carbonyl (C=O) groups excluding carboxylic acids is 1. The molecule has 0 unspecified atom stereocenters. The van der Waals surface area contributed by atoms with Crippen molar-refractivity contribution < 1.29 is 22.7 Å². The second kappa shape index (κ2) is 4.52. The van der Waals surface area contributed by atoms with Gasteiger partial charge in [-0.25, -0.2) is 18.0 Å². The third kappa shape index (κ3) is 1.94. The van der Waals surface area contributed by atoms with Crippen LogP contribution in [-0.4, -0.2) is 23.3 Å². The number of hydrogen-bond donors (Lipinski definition) is 1. The molecule has 0 spiro atoms. The molecule has 0 saturated heterocycles. The lowest BCUT2D eigenvalue weighted by Crippen LogP contribution is -2.00. The Morgan fingerprint density at radius 1 is 1.28 bits per heavy atom. The van der Waals surface area contributed by atoms with Gasteiger partial charge in [-0.15, -0.1) is 0 Å². The molecule has 1 N–H and O–H groups in total. The van der Waals surface area contributed by atoms with E-state index < -0.39 is 29.0 Å². The van der Waals surface area contributed by atoms with Crippen molar-refractivity contribution in [2.24, 2.45) is 0 Å². The van der Waals surface area contributed by atoms with E-state index >= 15 is 0 Å². The fraction of sp³-hybridized carbons (Fsp3) is 0.0909. The molecule has 0 aliphatic heterocycles. The number of halogens is 3. The average Bonchev–Trinajstić information content (AvgIpc) is 2.83. The van der Waals surface area contributed by atoms with Crippen molar-refractivity contribution in [2.45, 2.75) is 0 Å². The van der Waals surface area contributed by atoms with Crippen molar-refractivity contribution in [1.29, 1.82) is 0 Å². The molecule has 94 valence electrons. The maximum absolute atomic E-state index is 13.5. The van der Waals surface area contributed by atoms with Crippen molar-refractivity contribution in [3.8, 4) is 11.3 Å². The number of rotatable bonds is 2. The topological polar surface area (TPSA) is 55.0 Å². The Balaban J connectivity index is 2.53. The van der Waals surface area contributed by atoms with Gasteiger partial charge in [0.1, 0.15) is 11.5 Å². The minimum Gasteiger partial charge on any atom is -0.464 e. The fourth-order valence-corrected chi connectivity index (χ4v) is 1.43. The quantitative estimate of drug-likeness (QED) is 0.662. The molecule has 0 aliphatic rings. The van der Waals surface area contributed by atoms with E-state index in [1.165, 1.54) is 0 Å². The molecule has 7 heteroatoms. The van der Waals surface area contributed by atoms with Crippen LogP contribution >= 0.6 is 0 Å². The van der Waals surface area contributed by atoms with Gasteiger partial charge in [0.2, 0.25) is 0 Å². The highest BCUT2D eigenvalue weighted by molar-refractivity contribution is 5.88. The molecule has 0 fully saturated rings. The van der Waals surface area contributed by atoms with Crippen LogP contribution in [0.4, 0.5) is 13.2 Å². The summed E-state index contributed by atoms with van der Waals surface area (Å²) in [6.07, 6.45) is 0. The van der Waals surface area contributed by atoms with Crippen LogP contribution in [0.15, 0.2) is 18.2 Å². The largest absolute Gasteiger partial charge is 0.464 e. The Labute approximate surface area is 99.4 Å². The third-order valence-corrected chi connectivity index (χ3v) is 2.28. The first-order chi connectivity index (χ1) is 8.54. The minimum absolute atomic E-state index is 0.0874. The number of methoxy groups -OCH3 is 1. The zero-order chi connectivity index (χ0) is 13.3. The maximum Gasteiger partial charge on any atom is 0.356 e. The lowest BCUT2D eigenvalue weighted by atomic mass is 10.1. The minimum atomic E-state index is -1.36. The van der Waals surface area contributed by atoms with Crippen molar-refractivity contribution in [3.05, 3.63) is 41.3 Å². The summed E-state index contributed by atoms with van der Waals surface area (Å²) >= 11 is 0. The molecule has 1 heterocycles. The summed E-state index contributed by atoms with van der Waals surface area (Å²) in [7, 11) is 1.15. The van der Waals surface area contributed by atoms with E-state index in [-0.39, 0.29) is 11.4 Å². The van der Waals surface area contributed by atoms with E-state index in [1.807, 2.05) is 0 Å². The van der Waals surface area contributed by atoms with Gasteiger partial charge in [-0.05, 0) is 18.2 Å². The maximum atomic E-state index is 13.5. The molecule has 2 rings (SSSR count). The molecule has 4 nitrogen and oxygen atoms in total. The summed E-state index contributed by atoms with van der Waals surface area (Å²) in [5.41, 5.74) is -0.943. The van der Waals surface area contributed by atoms with Crippen LogP contribution in [0, 0.1) is 17.5 Å². The molecule has 0 radical (unpaired) electrons. The number of H-pyrrole nitrogens is 1. The third-order valence-electron chi connectivity index (χ3n) is 2.28. The first kappa shape index (κ1) is 12.2. The number of esters is 1. The summed E-state index contributed by atoms with van der Waals surface area (Å²) in [5, 5.41) is 5.79. The summed E-state index contributed by atoms with van der Waals surface area (Å²) in [5.74, 6) is -4.28. The number of ether oxygens (including phenoxy) is 1. The van der Waals surface area contributed by atoms with Crippen LogP contribution in [0.3, 0.4) is 0 Å². The lowest BCUT2D eigenvalue weighted by molar-refractivity contribution is 0.0594. The summed E-state index contributed by atoms with van der Waals surface area (Å²) in [6, 6.07) is 2.52. The van der Waals surface area contributed by atoms with Gasteiger partial charge in [0.05, 0.1) is 18.4 Å². The number of nitrogens with zero attached hydrogens (tertiary/aromatic N) is 1. The highest BCUT2D eigenvalue weighted by Gasteiger charge is 2.19. The first-order valence-corrected chi connectivity index (χ1v) is 4.82. The van der Waals surface area contributed by atoms with Gasteiger partial charge >= 0.3 is 5.97 Å². The van der Waals surface area contributed by atoms with Crippen LogP contribution in [0.2, 0.25) is 0 Å². The average molecular weight is 256 g/mol. The van der Waals surface area contributed by atoms with Gasteiger partial charge in [0.15, 0.2) is 11.6 Å².